The number of hydrogen-bond donors (Lipinski definition) is 0. The van der Waals surface area contributed by atoms with Crippen molar-refractivity contribution in [2.24, 2.45) is 11.8 Å². The van der Waals surface area contributed by atoms with E-state index in [9.17, 15) is 9.59 Å². The van der Waals surface area contributed by atoms with Crippen LogP contribution >= 0.6 is 0 Å². The Morgan fingerprint density at radius 2 is 1.74 bits per heavy atom. The number of methoxy groups -OCH3 is 2. The van der Waals surface area contributed by atoms with Crippen LogP contribution in [0.4, 0.5) is 0 Å². The minimum Gasteiger partial charge on any atom is -0.497 e. The number of rotatable bonds is 5. The summed E-state index contributed by atoms with van der Waals surface area (Å²) < 4.78 is 10.9. The van der Waals surface area contributed by atoms with E-state index < -0.39 is 0 Å². The summed E-state index contributed by atoms with van der Waals surface area (Å²) in [4.78, 5) is 29.3. The SMILES string of the molecule is COc1ccc(OC)c([C@@H]2CCCN2CN2C(=O)[C@H]3CC=CC[C@H]3C2=O)c1. The summed E-state index contributed by atoms with van der Waals surface area (Å²) in [6.45, 7) is 1.21. The summed E-state index contributed by atoms with van der Waals surface area (Å²) >= 11 is 0. The van der Waals surface area contributed by atoms with Crippen molar-refractivity contribution < 1.29 is 19.1 Å². The predicted octanol–water partition coefficient (Wildman–Crippen LogP) is 2.75. The zero-order valence-corrected chi connectivity index (χ0v) is 15.9. The van der Waals surface area contributed by atoms with E-state index in [-0.39, 0.29) is 29.7 Å². The number of carbonyl (C=O) groups is 2. The van der Waals surface area contributed by atoms with Crippen LogP contribution in [0.5, 0.6) is 11.5 Å². The largest absolute Gasteiger partial charge is 0.497 e. The zero-order valence-electron chi connectivity index (χ0n) is 15.9. The number of carbonyl (C=O) groups excluding carboxylic acids is 2. The first-order valence-corrected chi connectivity index (χ1v) is 9.60. The molecule has 6 nitrogen and oxygen atoms in total. The maximum Gasteiger partial charge on any atom is 0.234 e. The molecule has 0 bridgehead atoms. The van der Waals surface area contributed by atoms with E-state index in [1.54, 1.807) is 14.2 Å². The first-order chi connectivity index (χ1) is 13.1. The highest BCUT2D eigenvalue weighted by molar-refractivity contribution is 6.05. The van der Waals surface area contributed by atoms with E-state index in [1.165, 1.54) is 4.90 Å². The number of imide groups is 1. The standard InChI is InChI=1S/C21H26N2O4/c1-26-14-9-10-19(27-2)17(12-14)18-8-5-11-22(18)13-23-20(24)15-6-3-4-7-16(15)21(23)25/h3-4,9-10,12,15-16,18H,5-8,11,13H2,1-2H3/t15-,16+,18-/m0/s1. The van der Waals surface area contributed by atoms with Crippen LogP contribution in [0, 0.1) is 11.8 Å². The molecule has 0 aromatic heterocycles. The lowest BCUT2D eigenvalue weighted by Gasteiger charge is -2.29. The van der Waals surface area contributed by atoms with Crippen LogP contribution in [0.25, 0.3) is 0 Å². The molecule has 4 rings (SSSR count). The van der Waals surface area contributed by atoms with Gasteiger partial charge in [0.05, 0.1) is 32.7 Å². The van der Waals surface area contributed by atoms with Gasteiger partial charge in [-0.3, -0.25) is 19.4 Å². The molecule has 2 aliphatic heterocycles. The smallest absolute Gasteiger partial charge is 0.234 e. The number of allylic oxidation sites excluding steroid dienone is 2. The number of amides is 2. The Morgan fingerprint density at radius 1 is 1.04 bits per heavy atom. The molecule has 2 fully saturated rings. The molecule has 6 heteroatoms. The Bertz CT molecular complexity index is 749. The van der Waals surface area contributed by atoms with Crippen molar-refractivity contribution in [2.45, 2.75) is 31.7 Å². The van der Waals surface area contributed by atoms with E-state index in [0.29, 0.717) is 19.5 Å². The molecule has 144 valence electrons. The van der Waals surface area contributed by atoms with E-state index >= 15 is 0 Å². The lowest BCUT2D eigenvalue weighted by atomic mass is 9.85. The Labute approximate surface area is 159 Å². The zero-order chi connectivity index (χ0) is 19.0. The summed E-state index contributed by atoms with van der Waals surface area (Å²) in [6.07, 6.45) is 7.40. The number of fused-ring (bicyclic) bond motifs is 1. The molecule has 2 saturated heterocycles. The van der Waals surface area contributed by atoms with Crippen molar-refractivity contribution in [3.63, 3.8) is 0 Å². The number of hydrogen-bond acceptors (Lipinski definition) is 5. The second-order valence-corrected chi connectivity index (χ2v) is 7.48. The van der Waals surface area contributed by atoms with Crippen molar-refractivity contribution >= 4 is 11.8 Å². The average molecular weight is 370 g/mol. The number of nitrogens with zero attached hydrogens (tertiary/aromatic N) is 2. The Hall–Kier alpha value is -2.34. The summed E-state index contributed by atoms with van der Waals surface area (Å²) in [5.41, 5.74) is 1.05. The predicted molar refractivity (Wildman–Crippen MR) is 100 cm³/mol. The fourth-order valence-corrected chi connectivity index (χ4v) is 4.64. The van der Waals surface area contributed by atoms with Crippen molar-refractivity contribution in [2.75, 3.05) is 27.4 Å². The molecule has 3 atom stereocenters. The lowest BCUT2D eigenvalue weighted by molar-refractivity contribution is -0.142. The molecule has 0 unspecified atom stereocenters. The minimum atomic E-state index is -0.171. The van der Waals surface area contributed by atoms with Crippen molar-refractivity contribution in [1.29, 1.82) is 0 Å². The number of ether oxygens (including phenoxy) is 2. The molecule has 1 aromatic rings. The van der Waals surface area contributed by atoms with Gasteiger partial charge in [-0.05, 0) is 43.9 Å². The lowest BCUT2D eigenvalue weighted by Crippen LogP contribution is -2.41. The maximum absolute atomic E-state index is 12.8. The molecule has 0 N–H and O–H groups in total. The van der Waals surface area contributed by atoms with E-state index in [2.05, 4.69) is 4.90 Å². The van der Waals surface area contributed by atoms with Crippen LogP contribution in [0.1, 0.15) is 37.3 Å². The fourth-order valence-electron chi connectivity index (χ4n) is 4.64. The quantitative estimate of drug-likeness (QED) is 0.589. The minimum absolute atomic E-state index is 0.0161. The van der Waals surface area contributed by atoms with Gasteiger partial charge < -0.3 is 9.47 Å². The van der Waals surface area contributed by atoms with Gasteiger partial charge in [0.1, 0.15) is 11.5 Å². The molecular formula is C21H26N2O4. The molecule has 0 saturated carbocycles. The molecule has 2 amide bonds. The first kappa shape index (κ1) is 18.0. The number of benzene rings is 1. The molecule has 1 aromatic carbocycles. The van der Waals surface area contributed by atoms with Crippen molar-refractivity contribution in [3.05, 3.63) is 35.9 Å². The summed E-state index contributed by atoms with van der Waals surface area (Å²) in [5, 5.41) is 0. The van der Waals surface area contributed by atoms with Crippen LogP contribution in [0.2, 0.25) is 0 Å². The fraction of sp³-hybridized carbons (Fsp3) is 0.524. The topological polar surface area (TPSA) is 59.1 Å². The van der Waals surface area contributed by atoms with Crippen molar-refractivity contribution in [3.8, 4) is 11.5 Å². The van der Waals surface area contributed by atoms with Crippen LogP contribution in [0.3, 0.4) is 0 Å². The van der Waals surface area contributed by atoms with Crippen LogP contribution < -0.4 is 9.47 Å². The number of likely N-dealkylation sites (tertiary alicyclic amines) is 2. The van der Waals surface area contributed by atoms with Gasteiger partial charge >= 0.3 is 0 Å². The van der Waals surface area contributed by atoms with Gasteiger partial charge in [-0.1, -0.05) is 12.2 Å². The van der Waals surface area contributed by atoms with Gasteiger partial charge in [-0.15, -0.1) is 0 Å². The third-order valence-corrected chi connectivity index (χ3v) is 6.08. The second-order valence-electron chi connectivity index (χ2n) is 7.48. The van der Waals surface area contributed by atoms with Crippen LogP contribution in [-0.4, -0.2) is 49.0 Å². The Balaban J connectivity index is 1.56. The third kappa shape index (κ3) is 3.12. The van der Waals surface area contributed by atoms with Gasteiger partial charge in [-0.25, -0.2) is 0 Å². The van der Waals surface area contributed by atoms with Gasteiger partial charge in [0.25, 0.3) is 0 Å². The van der Waals surface area contributed by atoms with Crippen LogP contribution in [0.15, 0.2) is 30.4 Å². The average Bonchev–Trinajstić information content (AvgIpc) is 3.26. The molecule has 27 heavy (non-hydrogen) atoms. The highest BCUT2D eigenvalue weighted by Gasteiger charge is 2.48. The normalized spacial score (nSPS) is 27.9. The summed E-state index contributed by atoms with van der Waals surface area (Å²) in [5.74, 6) is 1.22. The van der Waals surface area contributed by atoms with E-state index in [0.717, 1.165) is 36.4 Å². The molecular weight excluding hydrogens is 344 g/mol. The van der Waals surface area contributed by atoms with Gasteiger partial charge in [0.15, 0.2) is 0 Å². The van der Waals surface area contributed by atoms with E-state index in [4.69, 9.17) is 9.47 Å². The molecule has 2 heterocycles. The second kappa shape index (κ2) is 7.35. The Kier molecular flexibility index (Phi) is 4.91. The molecule has 0 spiro atoms. The van der Waals surface area contributed by atoms with Gasteiger partial charge in [-0.2, -0.15) is 0 Å². The molecule has 0 radical (unpaired) electrons. The monoisotopic (exact) mass is 370 g/mol. The summed E-state index contributed by atoms with van der Waals surface area (Å²) in [7, 11) is 3.31. The maximum atomic E-state index is 12.8. The van der Waals surface area contributed by atoms with E-state index in [1.807, 2.05) is 30.4 Å². The van der Waals surface area contributed by atoms with Gasteiger partial charge in [0, 0.05) is 18.2 Å². The highest BCUT2D eigenvalue weighted by Crippen LogP contribution is 2.41. The molecule has 1 aliphatic carbocycles. The highest BCUT2D eigenvalue weighted by atomic mass is 16.5. The Morgan fingerprint density at radius 3 is 2.37 bits per heavy atom. The summed E-state index contributed by atoms with van der Waals surface area (Å²) in [6, 6.07) is 5.90. The third-order valence-electron chi connectivity index (χ3n) is 6.08. The van der Waals surface area contributed by atoms with Crippen molar-refractivity contribution in [1.82, 2.24) is 9.80 Å². The molecule has 3 aliphatic rings. The van der Waals surface area contributed by atoms with Gasteiger partial charge in [0.2, 0.25) is 11.8 Å². The first-order valence-electron chi connectivity index (χ1n) is 9.60. The van der Waals surface area contributed by atoms with Crippen LogP contribution in [-0.2, 0) is 9.59 Å².